The number of halogens is 1. The van der Waals surface area contributed by atoms with Gasteiger partial charge in [-0.25, -0.2) is 0 Å². The van der Waals surface area contributed by atoms with E-state index in [1.165, 1.54) is 6.20 Å². The number of pyridine rings is 1. The van der Waals surface area contributed by atoms with Gasteiger partial charge in [-0.3, -0.25) is 9.78 Å². The lowest BCUT2D eigenvalue weighted by atomic mass is 10.2. The number of carbonyl (C=O) groups excluding carboxylic acids is 1. The molecule has 0 unspecified atom stereocenters. The predicted octanol–water partition coefficient (Wildman–Crippen LogP) is 2.19. The minimum Gasteiger partial charge on any atom is -0.351 e. The predicted molar refractivity (Wildman–Crippen MR) is 64.4 cm³/mol. The summed E-state index contributed by atoms with van der Waals surface area (Å²) in [6, 6.07) is 1.67. The van der Waals surface area contributed by atoms with E-state index in [1.54, 1.807) is 13.0 Å². The number of rotatable bonds is 3. The van der Waals surface area contributed by atoms with Crippen molar-refractivity contribution >= 4 is 17.5 Å². The summed E-state index contributed by atoms with van der Waals surface area (Å²) in [7, 11) is 0. The molecular formula is C12H13ClN2O. The Morgan fingerprint density at radius 2 is 2.38 bits per heavy atom. The molecule has 1 heterocycles. The second-order valence-corrected chi connectivity index (χ2v) is 3.65. The molecule has 0 spiro atoms. The zero-order valence-corrected chi connectivity index (χ0v) is 10.1. The van der Waals surface area contributed by atoms with Crippen LogP contribution in [0.25, 0.3) is 0 Å². The molecule has 0 saturated carbocycles. The van der Waals surface area contributed by atoms with Crippen LogP contribution in [0.2, 0.25) is 5.02 Å². The molecule has 0 bridgehead atoms. The van der Waals surface area contributed by atoms with Crippen LogP contribution in [0.5, 0.6) is 0 Å². The lowest BCUT2D eigenvalue weighted by Crippen LogP contribution is -2.24. The number of aryl methyl sites for hydroxylation is 1. The topological polar surface area (TPSA) is 42.0 Å². The smallest absolute Gasteiger partial charge is 0.254 e. The lowest BCUT2D eigenvalue weighted by molar-refractivity contribution is 0.0954. The van der Waals surface area contributed by atoms with E-state index in [0.29, 0.717) is 23.6 Å². The van der Waals surface area contributed by atoms with Crippen molar-refractivity contribution in [3.63, 3.8) is 0 Å². The summed E-state index contributed by atoms with van der Waals surface area (Å²) in [5.74, 6) is 5.41. The summed E-state index contributed by atoms with van der Waals surface area (Å²) < 4.78 is 0. The maximum Gasteiger partial charge on any atom is 0.254 e. The van der Waals surface area contributed by atoms with Gasteiger partial charge >= 0.3 is 0 Å². The number of hydrogen-bond acceptors (Lipinski definition) is 2. The maximum atomic E-state index is 11.7. The Bertz CT molecular complexity index is 446. The summed E-state index contributed by atoms with van der Waals surface area (Å²) in [6.07, 6.45) is 2.12. The SMILES string of the molecule is CC#CCCNC(=O)c1cnc(C)cc1Cl. The van der Waals surface area contributed by atoms with Crippen molar-refractivity contribution in [2.45, 2.75) is 20.3 Å². The number of nitrogens with zero attached hydrogens (tertiary/aromatic N) is 1. The highest BCUT2D eigenvalue weighted by molar-refractivity contribution is 6.33. The first kappa shape index (κ1) is 12.5. The van der Waals surface area contributed by atoms with Crippen molar-refractivity contribution in [1.82, 2.24) is 10.3 Å². The molecule has 1 rings (SSSR count). The molecule has 3 nitrogen and oxygen atoms in total. The van der Waals surface area contributed by atoms with Crippen molar-refractivity contribution in [2.75, 3.05) is 6.54 Å². The van der Waals surface area contributed by atoms with Gasteiger partial charge in [-0.15, -0.1) is 11.8 Å². The summed E-state index contributed by atoms with van der Waals surface area (Å²) in [5.41, 5.74) is 1.19. The minimum absolute atomic E-state index is 0.213. The Morgan fingerprint density at radius 1 is 1.62 bits per heavy atom. The number of nitrogens with one attached hydrogen (secondary N) is 1. The van der Waals surface area contributed by atoms with Crippen molar-refractivity contribution < 1.29 is 4.79 Å². The van der Waals surface area contributed by atoms with Gasteiger partial charge < -0.3 is 5.32 Å². The van der Waals surface area contributed by atoms with Gasteiger partial charge in [0.1, 0.15) is 0 Å². The molecular weight excluding hydrogens is 224 g/mol. The Kier molecular flexibility index (Phi) is 4.81. The van der Waals surface area contributed by atoms with E-state index in [4.69, 9.17) is 11.6 Å². The molecule has 0 aromatic carbocycles. The highest BCUT2D eigenvalue weighted by atomic mass is 35.5. The van der Waals surface area contributed by atoms with E-state index < -0.39 is 0 Å². The Morgan fingerprint density at radius 3 is 3.00 bits per heavy atom. The third-order valence-electron chi connectivity index (χ3n) is 1.95. The van der Waals surface area contributed by atoms with E-state index in [0.717, 1.165) is 5.69 Å². The molecule has 1 N–H and O–H groups in total. The van der Waals surface area contributed by atoms with E-state index in [2.05, 4.69) is 22.1 Å². The first-order chi connectivity index (χ1) is 7.65. The molecule has 0 atom stereocenters. The van der Waals surface area contributed by atoms with Crippen LogP contribution in [0.4, 0.5) is 0 Å². The zero-order chi connectivity index (χ0) is 12.0. The van der Waals surface area contributed by atoms with E-state index in [1.807, 2.05) is 6.92 Å². The fraction of sp³-hybridized carbons (Fsp3) is 0.333. The average molecular weight is 237 g/mol. The Balaban J connectivity index is 2.61. The molecule has 0 aliphatic rings. The van der Waals surface area contributed by atoms with Gasteiger partial charge in [0.2, 0.25) is 0 Å². The standard InChI is InChI=1S/C12H13ClN2O/c1-3-4-5-6-14-12(16)10-8-15-9(2)7-11(10)13/h7-8H,5-6H2,1-2H3,(H,14,16). The number of aromatic nitrogens is 1. The molecule has 0 aliphatic heterocycles. The lowest BCUT2D eigenvalue weighted by Gasteiger charge is -2.05. The highest BCUT2D eigenvalue weighted by Gasteiger charge is 2.09. The van der Waals surface area contributed by atoms with Gasteiger partial charge in [0, 0.05) is 24.9 Å². The average Bonchev–Trinajstić information content (AvgIpc) is 2.24. The summed E-state index contributed by atoms with van der Waals surface area (Å²) in [5, 5.41) is 3.15. The summed E-state index contributed by atoms with van der Waals surface area (Å²) in [4.78, 5) is 15.7. The Hall–Kier alpha value is -1.53. The quantitative estimate of drug-likeness (QED) is 0.646. The zero-order valence-electron chi connectivity index (χ0n) is 9.30. The van der Waals surface area contributed by atoms with Crippen molar-refractivity contribution in [3.8, 4) is 11.8 Å². The van der Waals surface area contributed by atoms with Crippen LogP contribution in [0.3, 0.4) is 0 Å². The van der Waals surface area contributed by atoms with Gasteiger partial charge in [0.25, 0.3) is 5.91 Å². The first-order valence-corrected chi connectivity index (χ1v) is 5.33. The van der Waals surface area contributed by atoms with Crippen molar-refractivity contribution in [3.05, 3.63) is 28.5 Å². The normalized spacial score (nSPS) is 9.19. The van der Waals surface area contributed by atoms with Crippen molar-refractivity contribution in [1.29, 1.82) is 0 Å². The van der Waals surface area contributed by atoms with Crippen LogP contribution < -0.4 is 5.32 Å². The van der Waals surface area contributed by atoms with Crippen molar-refractivity contribution in [2.24, 2.45) is 0 Å². The number of amides is 1. The number of hydrogen-bond donors (Lipinski definition) is 1. The van der Waals surface area contributed by atoms with Gasteiger partial charge in [-0.2, -0.15) is 0 Å². The molecule has 4 heteroatoms. The second-order valence-electron chi connectivity index (χ2n) is 3.24. The van der Waals surface area contributed by atoms with Crippen LogP contribution in [-0.4, -0.2) is 17.4 Å². The Labute approximate surface area is 100 Å². The molecule has 1 amide bonds. The molecule has 16 heavy (non-hydrogen) atoms. The molecule has 1 aromatic heterocycles. The van der Waals surface area contributed by atoms with Crippen LogP contribution >= 0.6 is 11.6 Å². The minimum atomic E-state index is -0.213. The van der Waals surface area contributed by atoms with Crippen LogP contribution in [0, 0.1) is 18.8 Å². The monoisotopic (exact) mass is 236 g/mol. The molecule has 0 fully saturated rings. The van der Waals surface area contributed by atoms with Gasteiger partial charge in [0.15, 0.2) is 0 Å². The van der Waals surface area contributed by atoms with E-state index >= 15 is 0 Å². The van der Waals surface area contributed by atoms with E-state index in [-0.39, 0.29) is 5.91 Å². The molecule has 1 aromatic rings. The highest BCUT2D eigenvalue weighted by Crippen LogP contribution is 2.15. The van der Waals surface area contributed by atoms with Gasteiger partial charge in [-0.05, 0) is 19.9 Å². The third kappa shape index (κ3) is 3.56. The second kappa shape index (κ2) is 6.14. The maximum absolute atomic E-state index is 11.7. The molecule has 0 saturated heterocycles. The number of carbonyl (C=O) groups is 1. The largest absolute Gasteiger partial charge is 0.351 e. The van der Waals surface area contributed by atoms with Crippen LogP contribution in [0.1, 0.15) is 29.4 Å². The summed E-state index contributed by atoms with van der Waals surface area (Å²) >= 11 is 5.94. The fourth-order valence-electron chi connectivity index (χ4n) is 1.15. The molecule has 0 aliphatic carbocycles. The van der Waals surface area contributed by atoms with Gasteiger partial charge in [0.05, 0.1) is 10.6 Å². The fourth-order valence-corrected chi connectivity index (χ4v) is 1.44. The third-order valence-corrected chi connectivity index (χ3v) is 2.26. The molecule has 84 valence electrons. The van der Waals surface area contributed by atoms with Crippen LogP contribution in [0.15, 0.2) is 12.3 Å². The van der Waals surface area contributed by atoms with Crippen LogP contribution in [-0.2, 0) is 0 Å². The first-order valence-electron chi connectivity index (χ1n) is 4.95. The van der Waals surface area contributed by atoms with E-state index in [9.17, 15) is 4.79 Å². The van der Waals surface area contributed by atoms with Gasteiger partial charge in [-0.1, -0.05) is 11.6 Å². The summed E-state index contributed by atoms with van der Waals surface area (Å²) in [6.45, 7) is 4.11. The molecule has 0 radical (unpaired) electrons.